The van der Waals surface area contributed by atoms with Crippen molar-refractivity contribution in [1.29, 1.82) is 0 Å². The molecule has 0 aliphatic rings. The van der Waals surface area contributed by atoms with Crippen LogP contribution < -0.4 is 14.8 Å². The lowest BCUT2D eigenvalue weighted by atomic mass is 10.00. The highest BCUT2D eigenvalue weighted by atomic mass is 32.1. The molecule has 2 rings (SSSR count). The molecule has 5 nitrogen and oxygen atoms in total. The normalized spacial score (nSPS) is 12.4. The average molecular weight is 401 g/mol. The zero-order valence-corrected chi connectivity index (χ0v) is 15.7. The fourth-order valence-electron chi connectivity index (χ4n) is 2.52. The molecule has 1 heterocycles. The third kappa shape index (κ3) is 5.00. The molecule has 0 spiro atoms. The number of rotatable bonds is 7. The molecule has 0 saturated heterocycles. The number of benzene rings is 1. The number of hydrogen-bond acceptors (Lipinski definition) is 5. The van der Waals surface area contributed by atoms with Crippen molar-refractivity contribution in [1.82, 2.24) is 5.32 Å². The Labute approximate surface area is 158 Å². The molecule has 0 bridgehead atoms. The molecule has 1 amide bonds. The molecule has 146 valence electrons. The number of methoxy groups -OCH3 is 2. The van der Waals surface area contributed by atoms with Crippen molar-refractivity contribution in [2.75, 3.05) is 14.2 Å². The first-order valence-electron chi connectivity index (χ1n) is 7.88. The van der Waals surface area contributed by atoms with Crippen LogP contribution in [-0.4, -0.2) is 38.1 Å². The highest BCUT2D eigenvalue weighted by Crippen LogP contribution is 2.32. The number of thiophene rings is 1. The van der Waals surface area contributed by atoms with E-state index in [1.807, 2.05) is 5.32 Å². The molecule has 0 saturated carbocycles. The summed E-state index contributed by atoms with van der Waals surface area (Å²) in [4.78, 5) is 24.2. The molecular weight excluding hydrogens is 383 g/mol. The second-order valence-electron chi connectivity index (χ2n) is 5.75. The number of hydrogen-bond donors (Lipinski definition) is 1. The van der Waals surface area contributed by atoms with Crippen LogP contribution in [0.1, 0.15) is 27.7 Å². The first kappa shape index (κ1) is 20.8. The van der Waals surface area contributed by atoms with Gasteiger partial charge in [-0.1, -0.05) is 6.07 Å². The van der Waals surface area contributed by atoms with Crippen LogP contribution >= 0.6 is 11.3 Å². The van der Waals surface area contributed by atoms with E-state index in [9.17, 15) is 22.8 Å². The topological polar surface area (TPSA) is 64.6 Å². The molecule has 1 aromatic heterocycles. The van der Waals surface area contributed by atoms with Crippen molar-refractivity contribution in [2.24, 2.45) is 0 Å². The van der Waals surface area contributed by atoms with Crippen molar-refractivity contribution < 1.29 is 32.2 Å². The van der Waals surface area contributed by atoms with Gasteiger partial charge in [-0.2, -0.15) is 13.2 Å². The molecule has 0 radical (unpaired) electrons. The second-order valence-corrected chi connectivity index (χ2v) is 6.69. The van der Waals surface area contributed by atoms with Gasteiger partial charge in [0.05, 0.1) is 24.7 Å². The van der Waals surface area contributed by atoms with Gasteiger partial charge < -0.3 is 14.8 Å². The van der Waals surface area contributed by atoms with Crippen LogP contribution in [0.15, 0.2) is 29.6 Å². The molecular formula is C18H18F3NO4S. The van der Waals surface area contributed by atoms with E-state index in [1.54, 1.807) is 17.5 Å². The molecule has 0 fully saturated rings. The molecule has 1 atom stereocenters. The van der Waals surface area contributed by atoms with Gasteiger partial charge in [0.2, 0.25) is 5.78 Å². The lowest BCUT2D eigenvalue weighted by Gasteiger charge is -2.18. The van der Waals surface area contributed by atoms with Gasteiger partial charge in [0, 0.05) is 6.04 Å². The Hall–Kier alpha value is -2.55. The monoisotopic (exact) mass is 401 g/mol. The van der Waals surface area contributed by atoms with Gasteiger partial charge in [-0.25, -0.2) is 0 Å². The molecule has 1 aromatic carbocycles. The molecule has 9 heteroatoms. The van der Waals surface area contributed by atoms with E-state index >= 15 is 0 Å². The molecule has 0 aliphatic heterocycles. The highest BCUT2D eigenvalue weighted by Gasteiger charge is 2.39. The van der Waals surface area contributed by atoms with E-state index in [0.717, 1.165) is 0 Å². The number of alkyl halides is 3. The van der Waals surface area contributed by atoms with Crippen molar-refractivity contribution in [3.63, 3.8) is 0 Å². The fraction of sp³-hybridized carbons (Fsp3) is 0.333. The number of ketones is 1. The molecule has 1 N–H and O–H groups in total. The summed E-state index contributed by atoms with van der Waals surface area (Å²) in [6.07, 6.45) is -4.89. The zero-order chi connectivity index (χ0) is 20.2. The SMILES string of the molecule is COc1cc(C(=O)c2cccs2)c(OC)cc1CC(C)NC(=O)C(F)(F)F. The van der Waals surface area contributed by atoms with Crippen molar-refractivity contribution in [3.8, 4) is 11.5 Å². The zero-order valence-electron chi connectivity index (χ0n) is 14.8. The Balaban J connectivity index is 2.30. The van der Waals surface area contributed by atoms with Gasteiger partial charge in [-0.3, -0.25) is 9.59 Å². The van der Waals surface area contributed by atoms with Crippen molar-refractivity contribution >= 4 is 23.0 Å². The molecule has 2 aromatic rings. The van der Waals surface area contributed by atoms with E-state index in [-0.39, 0.29) is 23.5 Å². The minimum Gasteiger partial charge on any atom is -0.496 e. The van der Waals surface area contributed by atoms with E-state index in [0.29, 0.717) is 16.2 Å². The number of amides is 1. The maximum absolute atomic E-state index is 12.6. The third-order valence-corrected chi connectivity index (χ3v) is 4.62. The van der Waals surface area contributed by atoms with Crippen LogP contribution in [0, 0.1) is 0 Å². The van der Waals surface area contributed by atoms with Crippen LogP contribution in [-0.2, 0) is 11.2 Å². The van der Waals surface area contributed by atoms with Crippen molar-refractivity contribution in [2.45, 2.75) is 25.6 Å². The summed E-state index contributed by atoms with van der Waals surface area (Å²) >= 11 is 1.28. The van der Waals surface area contributed by atoms with Gasteiger partial charge in [-0.05, 0) is 42.5 Å². The number of carbonyl (C=O) groups is 2. The predicted octanol–water partition coefficient (Wildman–Crippen LogP) is 3.61. The van der Waals surface area contributed by atoms with Gasteiger partial charge in [0.1, 0.15) is 11.5 Å². The maximum atomic E-state index is 12.6. The lowest BCUT2D eigenvalue weighted by molar-refractivity contribution is -0.174. The quantitative estimate of drug-likeness (QED) is 0.720. The minimum absolute atomic E-state index is 0.0643. The van der Waals surface area contributed by atoms with Crippen LogP contribution in [0.5, 0.6) is 11.5 Å². The Morgan fingerprint density at radius 1 is 1.19 bits per heavy atom. The minimum atomic E-state index is -4.95. The van der Waals surface area contributed by atoms with Crippen molar-refractivity contribution in [3.05, 3.63) is 45.6 Å². The number of carbonyl (C=O) groups excluding carboxylic acids is 2. The van der Waals surface area contributed by atoms with Gasteiger partial charge >= 0.3 is 12.1 Å². The van der Waals surface area contributed by atoms with Gasteiger partial charge in [0.25, 0.3) is 0 Å². The summed E-state index contributed by atoms with van der Waals surface area (Å²) in [5.74, 6) is -1.65. The number of halogens is 3. The van der Waals surface area contributed by atoms with E-state index < -0.39 is 18.1 Å². The van der Waals surface area contributed by atoms with Crippen LogP contribution in [0.2, 0.25) is 0 Å². The maximum Gasteiger partial charge on any atom is 0.471 e. The Bertz CT molecular complexity index is 819. The van der Waals surface area contributed by atoms with Crippen LogP contribution in [0.3, 0.4) is 0 Å². The smallest absolute Gasteiger partial charge is 0.471 e. The number of nitrogens with one attached hydrogen (secondary N) is 1. The van der Waals surface area contributed by atoms with Crippen LogP contribution in [0.4, 0.5) is 13.2 Å². The molecule has 1 unspecified atom stereocenters. The third-order valence-electron chi connectivity index (χ3n) is 3.75. The Morgan fingerprint density at radius 2 is 1.85 bits per heavy atom. The summed E-state index contributed by atoms with van der Waals surface area (Å²) in [5.41, 5.74) is 0.791. The molecule has 27 heavy (non-hydrogen) atoms. The Morgan fingerprint density at radius 3 is 2.37 bits per heavy atom. The van der Waals surface area contributed by atoms with Gasteiger partial charge in [-0.15, -0.1) is 11.3 Å². The Kier molecular flexibility index (Phi) is 6.48. The average Bonchev–Trinajstić information content (AvgIpc) is 3.14. The predicted molar refractivity (Wildman–Crippen MR) is 94.7 cm³/mol. The second kappa shape index (κ2) is 8.43. The number of ether oxygens (including phenoxy) is 2. The first-order chi connectivity index (χ1) is 12.7. The first-order valence-corrected chi connectivity index (χ1v) is 8.76. The highest BCUT2D eigenvalue weighted by molar-refractivity contribution is 7.12. The summed E-state index contributed by atoms with van der Waals surface area (Å²) in [6, 6.07) is 5.66. The van der Waals surface area contributed by atoms with E-state index in [4.69, 9.17) is 9.47 Å². The summed E-state index contributed by atoms with van der Waals surface area (Å²) in [6.45, 7) is 1.44. The van der Waals surface area contributed by atoms with Gasteiger partial charge in [0.15, 0.2) is 0 Å². The standard InChI is InChI=1S/C18H18F3NO4S/c1-10(22-17(24)18(19,20)21)7-11-8-14(26-3)12(9-13(11)25-2)16(23)15-5-4-6-27-15/h4-6,8-10H,7H2,1-3H3,(H,22,24). The lowest BCUT2D eigenvalue weighted by Crippen LogP contribution is -2.42. The molecule has 0 aliphatic carbocycles. The fourth-order valence-corrected chi connectivity index (χ4v) is 3.20. The largest absolute Gasteiger partial charge is 0.496 e. The van der Waals surface area contributed by atoms with E-state index in [2.05, 4.69) is 0 Å². The summed E-state index contributed by atoms with van der Waals surface area (Å²) < 4.78 is 47.8. The van der Waals surface area contributed by atoms with E-state index in [1.165, 1.54) is 44.6 Å². The summed E-state index contributed by atoms with van der Waals surface area (Å²) in [5, 5.41) is 3.67. The summed E-state index contributed by atoms with van der Waals surface area (Å²) in [7, 11) is 2.79. The van der Waals surface area contributed by atoms with Crippen LogP contribution in [0.25, 0.3) is 0 Å².